The van der Waals surface area contributed by atoms with Crippen LogP contribution in [0.5, 0.6) is 0 Å². The van der Waals surface area contributed by atoms with Crippen LogP contribution in [-0.2, 0) is 5.41 Å². The Morgan fingerprint density at radius 3 is 2.53 bits per heavy atom. The van der Waals surface area contributed by atoms with Gasteiger partial charge >= 0.3 is 0 Å². The molecule has 0 fully saturated rings. The van der Waals surface area contributed by atoms with Crippen LogP contribution in [0.1, 0.15) is 26.5 Å². The molecule has 0 saturated heterocycles. The van der Waals surface area contributed by atoms with Crippen LogP contribution in [0, 0.1) is 0 Å². The lowest BCUT2D eigenvalue weighted by molar-refractivity contribution is 0.557. The fraction of sp³-hybridized carbons (Fsp3) is 0.364. The molecule has 0 atom stereocenters. The summed E-state index contributed by atoms with van der Waals surface area (Å²) in [5.41, 5.74) is 6.86. The SMILES string of the molecule is CC(C)(C)c1nn(-c2ccncn2)c(N)c1Br. The van der Waals surface area contributed by atoms with E-state index in [1.165, 1.54) is 6.33 Å². The molecule has 5 nitrogen and oxygen atoms in total. The maximum absolute atomic E-state index is 6.03. The Balaban J connectivity index is 2.59. The van der Waals surface area contributed by atoms with Gasteiger partial charge in [-0.3, -0.25) is 0 Å². The van der Waals surface area contributed by atoms with E-state index in [4.69, 9.17) is 5.73 Å². The normalized spacial score (nSPS) is 11.8. The highest BCUT2D eigenvalue weighted by molar-refractivity contribution is 9.10. The van der Waals surface area contributed by atoms with E-state index in [0.717, 1.165) is 10.2 Å². The zero-order valence-electron chi connectivity index (χ0n) is 9.98. The lowest BCUT2D eigenvalue weighted by atomic mass is 9.92. The maximum Gasteiger partial charge on any atom is 0.159 e. The monoisotopic (exact) mass is 295 g/mol. The van der Waals surface area contributed by atoms with Crippen molar-refractivity contribution in [3.63, 3.8) is 0 Å². The summed E-state index contributed by atoms with van der Waals surface area (Å²) in [4.78, 5) is 8.01. The first kappa shape index (κ1) is 12.0. The number of anilines is 1. The first-order chi connectivity index (χ1) is 7.91. The molecular weight excluding hydrogens is 282 g/mol. The molecule has 0 bridgehead atoms. The summed E-state index contributed by atoms with van der Waals surface area (Å²) < 4.78 is 2.44. The predicted molar refractivity (Wildman–Crippen MR) is 70.0 cm³/mol. The molecule has 2 N–H and O–H groups in total. The van der Waals surface area contributed by atoms with Crippen LogP contribution >= 0.6 is 15.9 Å². The van der Waals surface area contributed by atoms with E-state index >= 15 is 0 Å². The van der Waals surface area contributed by atoms with E-state index in [9.17, 15) is 0 Å². The number of nitrogens with zero attached hydrogens (tertiary/aromatic N) is 4. The zero-order chi connectivity index (χ0) is 12.6. The average molecular weight is 296 g/mol. The predicted octanol–water partition coefficient (Wildman–Crippen LogP) is 2.30. The number of aromatic nitrogens is 4. The van der Waals surface area contributed by atoms with Gasteiger partial charge in [-0.15, -0.1) is 0 Å². The number of rotatable bonds is 1. The number of halogens is 1. The first-order valence-corrected chi connectivity index (χ1v) is 6.01. The summed E-state index contributed by atoms with van der Waals surface area (Å²) >= 11 is 3.48. The molecule has 6 heteroatoms. The minimum atomic E-state index is -0.0781. The number of nitrogen functional groups attached to an aromatic ring is 1. The van der Waals surface area contributed by atoms with E-state index in [2.05, 4.69) is 51.8 Å². The number of hydrogen-bond acceptors (Lipinski definition) is 4. The van der Waals surface area contributed by atoms with E-state index in [0.29, 0.717) is 11.6 Å². The topological polar surface area (TPSA) is 69.6 Å². The molecule has 0 spiro atoms. The second kappa shape index (κ2) is 4.10. The van der Waals surface area contributed by atoms with Gasteiger partial charge in [0.15, 0.2) is 5.82 Å². The maximum atomic E-state index is 6.03. The summed E-state index contributed by atoms with van der Waals surface area (Å²) in [5, 5.41) is 4.51. The van der Waals surface area contributed by atoms with Crippen molar-refractivity contribution in [2.75, 3.05) is 5.73 Å². The van der Waals surface area contributed by atoms with Gasteiger partial charge in [0.1, 0.15) is 12.1 Å². The van der Waals surface area contributed by atoms with Crippen molar-refractivity contribution in [1.82, 2.24) is 19.7 Å². The Labute approximate surface area is 108 Å². The van der Waals surface area contributed by atoms with Crippen molar-refractivity contribution < 1.29 is 0 Å². The van der Waals surface area contributed by atoms with Gasteiger partial charge in [0.05, 0.1) is 10.2 Å². The highest BCUT2D eigenvalue weighted by atomic mass is 79.9. The quantitative estimate of drug-likeness (QED) is 0.876. The Kier molecular flexibility index (Phi) is 2.91. The second-order valence-electron chi connectivity index (χ2n) is 4.78. The highest BCUT2D eigenvalue weighted by Crippen LogP contribution is 2.33. The Morgan fingerprint density at radius 1 is 1.35 bits per heavy atom. The van der Waals surface area contributed by atoms with Crippen LogP contribution in [0.25, 0.3) is 5.82 Å². The molecule has 0 unspecified atom stereocenters. The van der Waals surface area contributed by atoms with Gasteiger partial charge in [0, 0.05) is 17.7 Å². The summed E-state index contributed by atoms with van der Waals surface area (Å²) in [6.07, 6.45) is 3.13. The molecule has 2 aromatic heterocycles. The van der Waals surface area contributed by atoms with Crippen molar-refractivity contribution >= 4 is 21.7 Å². The van der Waals surface area contributed by atoms with Gasteiger partial charge in [-0.2, -0.15) is 9.78 Å². The summed E-state index contributed by atoms with van der Waals surface area (Å²) in [7, 11) is 0. The lowest BCUT2D eigenvalue weighted by Crippen LogP contribution is -2.13. The molecule has 0 saturated carbocycles. The molecule has 0 aliphatic carbocycles. The average Bonchev–Trinajstić information content (AvgIpc) is 2.57. The summed E-state index contributed by atoms with van der Waals surface area (Å²) in [5.74, 6) is 1.21. The van der Waals surface area contributed by atoms with E-state index in [1.54, 1.807) is 16.9 Å². The van der Waals surface area contributed by atoms with Gasteiger partial charge in [0.2, 0.25) is 0 Å². The second-order valence-corrected chi connectivity index (χ2v) is 5.57. The van der Waals surface area contributed by atoms with Crippen molar-refractivity contribution in [2.24, 2.45) is 0 Å². The molecule has 0 amide bonds. The van der Waals surface area contributed by atoms with Crippen LogP contribution in [0.15, 0.2) is 23.1 Å². The molecule has 0 aliphatic heterocycles. The summed E-state index contributed by atoms with van der Waals surface area (Å²) in [6, 6.07) is 1.77. The fourth-order valence-electron chi connectivity index (χ4n) is 1.47. The van der Waals surface area contributed by atoms with Gasteiger partial charge < -0.3 is 5.73 Å². The lowest BCUT2D eigenvalue weighted by Gasteiger charge is -2.15. The molecule has 90 valence electrons. The van der Waals surface area contributed by atoms with E-state index in [-0.39, 0.29) is 5.41 Å². The van der Waals surface area contributed by atoms with Gasteiger partial charge in [-0.05, 0) is 15.9 Å². The molecule has 2 heterocycles. The minimum absolute atomic E-state index is 0.0781. The molecule has 0 radical (unpaired) electrons. The smallest absolute Gasteiger partial charge is 0.159 e. The summed E-state index contributed by atoms with van der Waals surface area (Å²) in [6.45, 7) is 6.26. The molecule has 0 aromatic carbocycles. The first-order valence-electron chi connectivity index (χ1n) is 5.22. The van der Waals surface area contributed by atoms with Crippen molar-refractivity contribution in [3.05, 3.63) is 28.8 Å². The third-order valence-electron chi connectivity index (χ3n) is 2.35. The standard InChI is InChI=1S/C11H14BrN5/c1-11(2,3)9-8(12)10(13)17(16-9)7-4-5-14-6-15-7/h4-6H,13H2,1-3H3. The molecule has 0 aliphatic rings. The highest BCUT2D eigenvalue weighted by Gasteiger charge is 2.25. The Morgan fingerprint density at radius 2 is 2.06 bits per heavy atom. The molecule has 17 heavy (non-hydrogen) atoms. The van der Waals surface area contributed by atoms with E-state index < -0.39 is 0 Å². The van der Waals surface area contributed by atoms with Crippen LogP contribution in [0.4, 0.5) is 5.82 Å². The van der Waals surface area contributed by atoms with Gasteiger partial charge in [-0.25, -0.2) is 9.97 Å². The van der Waals surface area contributed by atoms with Crippen LogP contribution in [0.3, 0.4) is 0 Å². The molecule has 2 aromatic rings. The third kappa shape index (κ3) is 2.17. The Hall–Kier alpha value is -1.43. The van der Waals surface area contributed by atoms with E-state index in [1.807, 2.05) is 0 Å². The van der Waals surface area contributed by atoms with Gasteiger partial charge in [0.25, 0.3) is 0 Å². The largest absolute Gasteiger partial charge is 0.383 e. The molecular formula is C11H14BrN5. The van der Waals surface area contributed by atoms with Crippen LogP contribution in [-0.4, -0.2) is 19.7 Å². The minimum Gasteiger partial charge on any atom is -0.383 e. The van der Waals surface area contributed by atoms with Crippen LogP contribution in [0.2, 0.25) is 0 Å². The van der Waals surface area contributed by atoms with Crippen LogP contribution < -0.4 is 5.73 Å². The third-order valence-corrected chi connectivity index (χ3v) is 3.14. The number of nitrogens with two attached hydrogens (primary N) is 1. The van der Waals surface area contributed by atoms with Gasteiger partial charge in [-0.1, -0.05) is 20.8 Å². The van der Waals surface area contributed by atoms with Crippen molar-refractivity contribution in [2.45, 2.75) is 26.2 Å². The fourth-order valence-corrected chi connectivity index (χ4v) is 2.32. The van der Waals surface area contributed by atoms with Crippen molar-refractivity contribution in [1.29, 1.82) is 0 Å². The number of hydrogen-bond donors (Lipinski definition) is 1. The zero-order valence-corrected chi connectivity index (χ0v) is 11.6. The Bertz CT molecular complexity index is 527. The van der Waals surface area contributed by atoms with Crippen molar-refractivity contribution in [3.8, 4) is 5.82 Å². The molecule has 2 rings (SSSR count).